The molecule has 1 aromatic carbocycles. The summed E-state index contributed by atoms with van der Waals surface area (Å²) in [6.07, 6.45) is 1.02. The molecule has 6 heteroatoms. The molecule has 0 aliphatic heterocycles. The van der Waals surface area contributed by atoms with Crippen LogP contribution in [0.15, 0.2) is 28.9 Å². The van der Waals surface area contributed by atoms with Gasteiger partial charge in [-0.1, -0.05) is 15.9 Å². The van der Waals surface area contributed by atoms with Crippen LogP contribution in [0.4, 0.5) is 9.18 Å². The quantitative estimate of drug-likeness (QED) is 0.833. The van der Waals surface area contributed by atoms with Crippen LogP contribution >= 0.6 is 15.9 Å². The Morgan fingerprint density at radius 3 is 2.73 bits per heavy atom. The number of benzene rings is 1. The molecular formula is C16H18BrFN2O2. The first kappa shape index (κ1) is 16.7. The molecule has 0 radical (unpaired) electrons. The molecule has 0 aliphatic rings. The number of alkyl carbamates (subject to hydrolysis) is 1. The average molecular weight is 369 g/mol. The molecule has 0 fully saturated rings. The van der Waals surface area contributed by atoms with Crippen LogP contribution in [0, 0.1) is 5.82 Å². The number of ether oxygens (including phenoxy) is 1. The minimum absolute atomic E-state index is 0.276. The highest BCUT2D eigenvalue weighted by atomic mass is 79.9. The number of carbonyl (C=O) groups is 1. The molecule has 0 aliphatic carbocycles. The lowest BCUT2D eigenvalue weighted by molar-refractivity contribution is 0.0508. The van der Waals surface area contributed by atoms with Gasteiger partial charge in [0.15, 0.2) is 5.82 Å². The van der Waals surface area contributed by atoms with Gasteiger partial charge in [0.1, 0.15) is 11.1 Å². The molecule has 0 spiro atoms. The molecule has 2 aromatic rings. The second kappa shape index (κ2) is 6.20. The number of hydrogen-bond acceptors (Lipinski definition) is 3. The van der Waals surface area contributed by atoms with E-state index in [0.717, 1.165) is 5.56 Å². The SMILES string of the molecule is CC(NC(=O)OC(C)(C)C)c1ccnc2c(F)cc(Br)cc12. The second-order valence-electron chi connectivity index (χ2n) is 6.05. The summed E-state index contributed by atoms with van der Waals surface area (Å²) >= 11 is 3.28. The minimum atomic E-state index is -0.570. The predicted molar refractivity (Wildman–Crippen MR) is 87.2 cm³/mol. The normalized spacial score (nSPS) is 13.0. The highest BCUT2D eigenvalue weighted by molar-refractivity contribution is 9.10. The van der Waals surface area contributed by atoms with Crippen molar-refractivity contribution in [3.8, 4) is 0 Å². The van der Waals surface area contributed by atoms with Gasteiger partial charge in [0.2, 0.25) is 0 Å². The molecule has 4 nitrogen and oxygen atoms in total. The fourth-order valence-electron chi connectivity index (χ4n) is 2.14. The topological polar surface area (TPSA) is 51.2 Å². The minimum Gasteiger partial charge on any atom is -0.444 e. The van der Waals surface area contributed by atoms with E-state index in [2.05, 4.69) is 26.2 Å². The number of rotatable bonds is 2. The van der Waals surface area contributed by atoms with Gasteiger partial charge in [0.25, 0.3) is 0 Å². The van der Waals surface area contributed by atoms with E-state index in [1.807, 2.05) is 6.92 Å². The number of aromatic nitrogens is 1. The van der Waals surface area contributed by atoms with E-state index in [-0.39, 0.29) is 11.6 Å². The Morgan fingerprint density at radius 1 is 1.41 bits per heavy atom. The zero-order valence-electron chi connectivity index (χ0n) is 12.9. The first-order valence-corrected chi connectivity index (χ1v) is 7.70. The van der Waals surface area contributed by atoms with Crippen LogP contribution in [0.2, 0.25) is 0 Å². The maximum absolute atomic E-state index is 14.0. The van der Waals surface area contributed by atoms with Crippen molar-refractivity contribution in [1.82, 2.24) is 10.3 Å². The zero-order chi connectivity index (χ0) is 16.5. The fourth-order valence-corrected chi connectivity index (χ4v) is 2.57. The monoisotopic (exact) mass is 368 g/mol. The standard InChI is InChI=1S/C16H18BrFN2O2/c1-9(20-15(21)22-16(2,3)4)11-5-6-19-14-12(11)7-10(17)8-13(14)18/h5-9H,1-4H3,(H,20,21). The third-order valence-corrected chi connectivity index (χ3v) is 3.45. The van der Waals surface area contributed by atoms with Gasteiger partial charge in [-0.15, -0.1) is 0 Å². The lowest BCUT2D eigenvalue weighted by atomic mass is 10.0. The third kappa shape index (κ3) is 3.94. The van der Waals surface area contributed by atoms with Crippen LogP contribution in [-0.2, 0) is 4.74 Å². The van der Waals surface area contributed by atoms with Crippen LogP contribution in [0.3, 0.4) is 0 Å². The van der Waals surface area contributed by atoms with Crippen LogP contribution in [-0.4, -0.2) is 16.7 Å². The molecule has 1 heterocycles. The van der Waals surface area contributed by atoms with Gasteiger partial charge in [-0.3, -0.25) is 4.98 Å². The summed E-state index contributed by atoms with van der Waals surface area (Å²) in [5.74, 6) is -0.407. The number of nitrogens with zero attached hydrogens (tertiary/aromatic N) is 1. The largest absolute Gasteiger partial charge is 0.444 e. The maximum atomic E-state index is 14.0. The van der Waals surface area contributed by atoms with Crippen molar-refractivity contribution in [1.29, 1.82) is 0 Å². The first-order valence-electron chi connectivity index (χ1n) is 6.90. The van der Waals surface area contributed by atoms with Crippen molar-refractivity contribution >= 4 is 32.9 Å². The van der Waals surface area contributed by atoms with Gasteiger partial charge in [0, 0.05) is 16.1 Å². The van der Waals surface area contributed by atoms with Gasteiger partial charge < -0.3 is 10.1 Å². The Morgan fingerprint density at radius 2 is 2.09 bits per heavy atom. The zero-order valence-corrected chi connectivity index (χ0v) is 14.5. The highest BCUT2D eigenvalue weighted by Crippen LogP contribution is 2.28. The summed E-state index contributed by atoms with van der Waals surface area (Å²) in [6.45, 7) is 7.21. The number of carbonyl (C=O) groups excluding carboxylic acids is 1. The first-order chi connectivity index (χ1) is 10.2. The van der Waals surface area contributed by atoms with Crippen molar-refractivity contribution in [3.05, 3.63) is 40.2 Å². The molecule has 0 bridgehead atoms. The Bertz CT molecular complexity index is 713. The van der Waals surface area contributed by atoms with Crippen molar-refractivity contribution < 1.29 is 13.9 Å². The summed E-state index contributed by atoms with van der Waals surface area (Å²) in [4.78, 5) is 15.9. The summed E-state index contributed by atoms with van der Waals surface area (Å²) in [6, 6.07) is 4.57. The third-order valence-electron chi connectivity index (χ3n) is 3.00. The van der Waals surface area contributed by atoms with Crippen molar-refractivity contribution in [2.24, 2.45) is 0 Å². The van der Waals surface area contributed by atoms with Gasteiger partial charge >= 0.3 is 6.09 Å². The summed E-state index contributed by atoms with van der Waals surface area (Å²) in [7, 11) is 0. The van der Waals surface area contributed by atoms with E-state index in [9.17, 15) is 9.18 Å². The Balaban J connectivity index is 2.32. The van der Waals surface area contributed by atoms with Crippen LogP contribution < -0.4 is 5.32 Å². The van der Waals surface area contributed by atoms with E-state index in [4.69, 9.17) is 4.74 Å². The van der Waals surface area contributed by atoms with E-state index in [1.54, 1.807) is 32.9 Å². The van der Waals surface area contributed by atoms with Crippen molar-refractivity contribution in [2.75, 3.05) is 0 Å². The van der Waals surface area contributed by atoms with Crippen molar-refractivity contribution in [3.63, 3.8) is 0 Å². The maximum Gasteiger partial charge on any atom is 0.408 e. The highest BCUT2D eigenvalue weighted by Gasteiger charge is 2.20. The number of halogens is 2. The van der Waals surface area contributed by atoms with Gasteiger partial charge in [-0.2, -0.15) is 0 Å². The number of fused-ring (bicyclic) bond motifs is 1. The molecule has 1 aromatic heterocycles. The van der Waals surface area contributed by atoms with Crippen LogP contribution in [0.5, 0.6) is 0 Å². The Kier molecular flexibility index (Phi) is 4.70. The Hall–Kier alpha value is -1.69. The van der Waals surface area contributed by atoms with Gasteiger partial charge in [-0.25, -0.2) is 9.18 Å². The Labute approximate surface area is 137 Å². The second-order valence-corrected chi connectivity index (χ2v) is 6.97. The molecule has 1 unspecified atom stereocenters. The van der Waals surface area contributed by atoms with E-state index in [1.165, 1.54) is 12.3 Å². The van der Waals surface area contributed by atoms with Crippen molar-refractivity contribution in [2.45, 2.75) is 39.3 Å². The average Bonchev–Trinajstić information content (AvgIpc) is 2.35. The summed E-state index contributed by atoms with van der Waals surface area (Å²) in [5, 5.41) is 3.41. The summed E-state index contributed by atoms with van der Waals surface area (Å²) in [5.41, 5.74) is 0.480. The summed E-state index contributed by atoms with van der Waals surface area (Å²) < 4.78 is 19.8. The van der Waals surface area contributed by atoms with Gasteiger partial charge in [-0.05, 0) is 51.5 Å². The number of nitrogens with one attached hydrogen (secondary N) is 1. The van der Waals surface area contributed by atoms with E-state index >= 15 is 0 Å². The lowest BCUT2D eigenvalue weighted by Gasteiger charge is -2.22. The molecule has 118 valence electrons. The smallest absolute Gasteiger partial charge is 0.408 e. The lowest BCUT2D eigenvalue weighted by Crippen LogP contribution is -2.34. The molecule has 22 heavy (non-hydrogen) atoms. The van der Waals surface area contributed by atoms with Gasteiger partial charge in [0.05, 0.1) is 6.04 Å². The molecule has 1 atom stereocenters. The van der Waals surface area contributed by atoms with Crippen LogP contribution in [0.25, 0.3) is 10.9 Å². The molecule has 0 saturated carbocycles. The fraction of sp³-hybridized carbons (Fsp3) is 0.375. The molecular weight excluding hydrogens is 351 g/mol. The molecule has 0 saturated heterocycles. The van der Waals surface area contributed by atoms with E-state index in [0.29, 0.717) is 9.86 Å². The molecule has 1 amide bonds. The predicted octanol–water partition coefficient (Wildman–Crippen LogP) is 4.72. The van der Waals surface area contributed by atoms with E-state index < -0.39 is 17.5 Å². The number of pyridine rings is 1. The molecule has 1 N–H and O–H groups in total. The number of hydrogen-bond donors (Lipinski definition) is 1. The van der Waals surface area contributed by atoms with Crippen LogP contribution in [0.1, 0.15) is 39.3 Å². The number of amides is 1. The molecule has 2 rings (SSSR count).